The molecule has 0 unspecified atom stereocenters. The molecule has 8 heteroatoms. The smallest absolute Gasteiger partial charge is 0.421 e. The van der Waals surface area contributed by atoms with Gasteiger partial charge >= 0.3 is 12.1 Å². The lowest BCUT2D eigenvalue weighted by Crippen LogP contribution is -2.31. The number of hydrogen-bond acceptors (Lipinski definition) is 5. The van der Waals surface area contributed by atoms with Crippen molar-refractivity contribution >= 4 is 11.8 Å². The Hall–Kier alpha value is -2.25. The molecule has 1 aromatic heterocycles. The van der Waals surface area contributed by atoms with E-state index in [-0.39, 0.29) is 24.4 Å². The van der Waals surface area contributed by atoms with Crippen LogP contribution >= 0.6 is 0 Å². The largest absolute Gasteiger partial charge is 0.515 e. The number of alkyl halides is 3. The summed E-state index contributed by atoms with van der Waals surface area (Å²) in [5.74, 6) is -3.56. The number of carbonyl (C=O) groups excluding carboxylic acids is 2. The average molecular weight is 332 g/mol. The Kier molecular flexibility index (Phi) is 4.04. The highest BCUT2D eigenvalue weighted by Gasteiger charge is 2.50. The second-order valence-corrected chi connectivity index (χ2v) is 5.76. The van der Waals surface area contributed by atoms with Crippen molar-refractivity contribution in [3.05, 3.63) is 34.5 Å². The SMILES string of the molecule is CCOC(=O)c1oc2c(c1C(F)(F)F)C(=O)C(=CO)C(C)(C)C2. The molecule has 0 radical (unpaired) electrons. The van der Waals surface area contributed by atoms with E-state index in [1.54, 1.807) is 13.8 Å². The van der Waals surface area contributed by atoms with E-state index >= 15 is 0 Å². The fraction of sp³-hybridized carbons (Fsp3) is 0.467. The first kappa shape index (κ1) is 17.1. The molecule has 0 saturated carbocycles. The van der Waals surface area contributed by atoms with E-state index in [1.807, 2.05) is 0 Å². The third kappa shape index (κ3) is 2.73. The van der Waals surface area contributed by atoms with Gasteiger partial charge in [0.05, 0.1) is 18.4 Å². The second kappa shape index (κ2) is 5.43. The maximum atomic E-state index is 13.4. The van der Waals surface area contributed by atoms with E-state index in [2.05, 4.69) is 4.74 Å². The van der Waals surface area contributed by atoms with Gasteiger partial charge in [0.25, 0.3) is 0 Å². The van der Waals surface area contributed by atoms with Crippen LogP contribution in [0.2, 0.25) is 0 Å². The highest BCUT2D eigenvalue weighted by Crippen LogP contribution is 2.46. The lowest BCUT2D eigenvalue weighted by molar-refractivity contribution is -0.138. The number of hydrogen-bond donors (Lipinski definition) is 1. The molecule has 0 saturated heterocycles. The van der Waals surface area contributed by atoms with E-state index in [1.165, 1.54) is 6.92 Å². The van der Waals surface area contributed by atoms with Crippen LogP contribution < -0.4 is 0 Å². The predicted octanol–water partition coefficient (Wildman–Crippen LogP) is 3.68. The zero-order chi connectivity index (χ0) is 17.6. The predicted molar refractivity (Wildman–Crippen MR) is 72.2 cm³/mol. The maximum Gasteiger partial charge on any atom is 0.421 e. The zero-order valence-electron chi connectivity index (χ0n) is 12.7. The number of furan rings is 1. The Bertz CT molecular complexity index is 695. The van der Waals surface area contributed by atoms with Gasteiger partial charge < -0.3 is 14.3 Å². The first-order valence-electron chi connectivity index (χ1n) is 6.84. The Morgan fingerprint density at radius 2 is 2.04 bits per heavy atom. The number of ketones is 1. The van der Waals surface area contributed by atoms with Crippen LogP contribution in [-0.4, -0.2) is 23.5 Å². The van der Waals surface area contributed by atoms with Gasteiger partial charge in [-0.3, -0.25) is 4.79 Å². The Morgan fingerprint density at radius 3 is 2.52 bits per heavy atom. The van der Waals surface area contributed by atoms with E-state index in [0.717, 1.165) is 0 Å². The Labute approximate surface area is 129 Å². The van der Waals surface area contributed by atoms with Gasteiger partial charge in [-0.05, 0) is 6.92 Å². The molecule has 0 aliphatic heterocycles. The van der Waals surface area contributed by atoms with E-state index in [9.17, 15) is 27.9 Å². The summed E-state index contributed by atoms with van der Waals surface area (Å²) in [7, 11) is 0. The number of carbonyl (C=O) groups is 2. The zero-order valence-corrected chi connectivity index (χ0v) is 12.7. The van der Waals surface area contributed by atoms with Crippen molar-refractivity contribution in [2.45, 2.75) is 33.4 Å². The summed E-state index contributed by atoms with van der Waals surface area (Å²) < 4.78 is 49.7. The molecule has 23 heavy (non-hydrogen) atoms. The van der Waals surface area contributed by atoms with E-state index < -0.39 is 40.2 Å². The third-order valence-electron chi connectivity index (χ3n) is 3.66. The highest BCUT2D eigenvalue weighted by atomic mass is 19.4. The molecule has 1 aliphatic rings. The van der Waals surface area contributed by atoms with Crippen molar-refractivity contribution in [3.8, 4) is 0 Å². The molecule has 1 aliphatic carbocycles. The number of fused-ring (bicyclic) bond motifs is 1. The van der Waals surface area contributed by atoms with Crippen LogP contribution in [0.5, 0.6) is 0 Å². The first-order valence-corrected chi connectivity index (χ1v) is 6.84. The van der Waals surface area contributed by atoms with Crippen LogP contribution in [0, 0.1) is 5.41 Å². The molecular weight excluding hydrogens is 317 g/mol. The van der Waals surface area contributed by atoms with Gasteiger partial charge in [0.1, 0.15) is 11.3 Å². The fourth-order valence-corrected chi connectivity index (χ4v) is 2.63. The summed E-state index contributed by atoms with van der Waals surface area (Å²) in [5.41, 5.74) is -3.29. The molecule has 1 aromatic rings. The molecule has 0 bridgehead atoms. The van der Waals surface area contributed by atoms with Crippen molar-refractivity contribution in [2.75, 3.05) is 6.61 Å². The monoisotopic (exact) mass is 332 g/mol. The molecule has 0 spiro atoms. The lowest BCUT2D eigenvalue weighted by atomic mass is 9.72. The molecule has 2 rings (SSSR count). The number of allylic oxidation sites excluding steroid dienone is 1. The van der Waals surface area contributed by atoms with Crippen LogP contribution in [0.25, 0.3) is 0 Å². The molecular formula is C15H15F3O5. The van der Waals surface area contributed by atoms with Gasteiger partial charge in [0.15, 0.2) is 5.78 Å². The molecule has 126 valence electrons. The first-order chi connectivity index (χ1) is 10.5. The van der Waals surface area contributed by atoms with Crippen LogP contribution in [0.15, 0.2) is 16.3 Å². The van der Waals surface area contributed by atoms with Gasteiger partial charge in [-0.2, -0.15) is 13.2 Å². The van der Waals surface area contributed by atoms with E-state index in [4.69, 9.17) is 4.42 Å². The number of rotatable bonds is 2. The van der Waals surface area contributed by atoms with Crippen molar-refractivity contribution in [1.82, 2.24) is 0 Å². The normalized spacial score (nSPS) is 18.9. The van der Waals surface area contributed by atoms with Crippen molar-refractivity contribution in [2.24, 2.45) is 5.41 Å². The minimum atomic E-state index is -4.98. The minimum absolute atomic E-state index is 0.0665. The van der Waals surface area contributed by atoms with Gasteiger partial charge in [-0.15, -0.1) is 0 Å². The quantitative estimate of drug-likeness (QED) is 0.508. The summed E-state index contributed by atoms with van der Waals surface area (Å²) >= 11 is 0. The Morgan fingerprint density at radius 1 is 1.43 bits per heavy atom. The molecule has 0 aromatic carbocycles. The van der Waals surface area contributed by atoms with Gasteiger partial charge in [-0.1, -0.05) is 13.8 Å². The number of aliphatic hydroxyl groups excluding tert-OH is 1. The minimum Gasteiger partial charge on any atom is -0.515 e. The number of halogens is 3. The fourth-order valence-electron chi connectivity index (χ4n) is 2.63. The van der Waals surface area contributed by atoms with Crippen LogP contribution in [-0.2, 0) is 17.3 Å². The van der Waals surface area contributed by atoms with Gasteiger partial charge in [-0.25, -0.2) is 4.79 Å². The molecule has 0 fully saturated rings. The summed E-state index contributed by atoms with van der Waals surface area (Å²) in [4.78, 5) is 24.1. The van der Waals surface area contributed by atoms with E-state index in [0.29, 0.717) is 6.26 Å². The average Bonchev–Trinajstić information content (AvgIpc) is 2.77. The van der Waals surface area contributed by atoms with Crippen LogP contribution in [0.4, 0.5) is 13.2 Å². The summed E-state index contributed by atoms with van der Waals surface area (Å²) in [5, 5.41) is 9.23. The molecule has 5 nitrogen and oxygen atoms in total. The second-order valence-electron chi connectivity index (χ2n) is 5.76. The van der Waals surface area contributed by atoms with Gasteiger partial charge in [0.2, 0.25) is 5.76 Å². The molecule has 1 heterocycles. The highest BCUT2D eigenvalue weighted by molar-refractivity contribution is 6.13. The number of esters is 1. The summed E-state index contributed by atoms with van der Waals surface area (Å²) in [6.07, 6.45) is -4.54. The van der Waals surface area contributed by atoms with Crippen molar-refractivity contribution in [1.29, 1.82) is 0 Å². The van der Waals surface area contributed by atoms with Crippen LogP contribution in [0.1, 0.15) is 53.0 Å². The maximum absolute atomic E-state index is 13.4. The number of Topliss-reactive ketones (excluding diaryl/α,β-unsaturated/α-hetero) is 1. The third-order valence-corrected chi connectivity index (χ3v) is 3.66. The van der Waals surface area contributed by atoms with Crippen molar-refractivity contribution < 1.29 is 37.0 Å². The lowest BCUT2D eigenvalue weighted by Gasteiger charge is -2.30. The molecule has 0 amide bonds. The van der Waals surface area contributed by atoms with Gasteiger partial charge in [0, 0.05) is 17.4 Å². The van der Waals surface area contributed by atoms with Crippen LogP contribution in [0.3, 0.4) is 0 Å². The summed E-state index contributed by atoms with van der Waals surface area (Å²) in [6, 6.07) is 0. The molecule has 0 atom stereocenters. The summed E-state index contributed by atoms with van der Waals surface area (Å²) in [6.45, 7) is 4.46. The Balaban J connectivity index is 2.75. The van der Waals surface area contributed by atoms with Crippen molar-refractivity contribution in [3.63, 3.8) is 0 Å². The number of ether oxygens (including phenoxy) is 1. The standard InChI is InChI=1S/C15H15F3O5/c1-4-22-13(21)12-10(15(16,17)18)9-8(23-12)5-14(2,3)7(6-19)11(9)20/h6,19H,4-5H2,1-3H3. The topological polar surface area (TPSA) is 76.7 Å². The number of aliphatic hydroxyl groups is 1. The molecule has 1 N–H and O–H groups in total.